The van der Waals surface area contributed by atoms with E-state index in [1.54, 1.807) is 19.1 Å². The Morgan fingerprint density at radius 1 is 1.19 bits per heavy atom. The van der Waals surface area contributed by atoms with Crippen molar-refractivity contribution < 1.29 is 13.9 Å². The number of ether oxygens (including phenoxy) is 2. The Balaban J connectivity index is 0.00000210. The molecule has 1 fully saturated rings. The SMILES string of the molecule is CCN1CCC(c2cccc3c2O[C@@](C)(c2ccc(Cl)cc2F)O3)CC1.Cl. The summed E-state index contributed by atoms with van der Waals surface area (Å²) in [6, 6.07) is 10.6. The van der Waals surface area contributed by atoms with Crippen LogP contribution in [0.4, 0.5) is 4.39 Å². The van der Waals surface area contributed by atoms with Crippen LogP contribution in [0.25, 0.3) is 0 Å². The van der Waals surface area contributed by atoms with Gasteiger partial charge in [0.2, 0.25) is 0 Å². The third-order valence-corrected chi connectivity index (χ3v) is 5.74. The standard InChI is InChI=1S/C21H23ClFNO2.ClH/c1-3-24-11-9-14(10-12-24)16-5-4-6-19-20(16)26-21(2,25-19)17-8-7-15(22)13-18(17)23;/h4-8,13-14H,3,9-12H2,1-2H3;1H/t21-;/m0./s1. The van der Waals surface area contributed by atoms with Gasteiger partial charge in [-0.1, -0.05) is 30.7 Å². The summed E-state index contributed by atoms with van der Waals surface area (Å²) in [5.41, 5.74) is 1.52. The maximum absolute atomic E-state index is 14.5. The second kappa shape index (κ2) is 7.86. The lowest BCUT2D eigenvalue weighted by molar-refractivity contribution is -0.0711. The Morgan fingerprint density at radius 3 is 2.59 bits per heavy atom. The molecule has 0 aromatic heterocycles. The zero-order valence-corrected chi connectivity index (χ0v) is 17.1. The van der Waals surface area contributed by atoms with E-state index in [9.17, 15) is 4.39 Å². The van der Waals surface area contributed by atoms with E-state index in [1.165, 1.54) is 6.07 Å². The first-order valence-corrected chi connectivity index (χ1v) is 9.57. The molecule has 0 amide bonds. The van der Waals surface area contributed by atoms with Crippen LogP contribution in [0.2, 0.25) is 5.02 Å². The van der Waals surface area contributed by atoms with Gasteiger partial charge in [0, 0.05) is 17.5 Å². The topological polar surface area (TPSA) is 21.7 Å². The van der Waals surface area contributed by atoms with Crippen LogP contribution < -0.4 is 9.47 Å². The molecule has 0 radical (unpaired) electrons. The van der Waals surface area contributed by atoms with Crippen LogP contribution >= 0.6 is 24.0 Å². The number of nitrogens with zero attached hydrogens (tertiary/aromatic N) is 1. The number of piperidine rings is 1. The number of likely N-dealkylation sites (tertiary alicyclic amines) is 1. The highest BCUT2D eigenvalue weighted by Gasteiger charge is 2.42. The van der Waals surface area contributed by atoms with E-state index >= 15 is 0 Å². The van der Waals surface area contributed by atoms with E-state index in [-0.39, 0.29) is 12.4 Å². The number of halogens is 3. The van der Waals surface area contributed by atoms with Crippen molar-refractivity contribution in [3.63, 3.8) is 0 Å². The minimum atomic E-state index is -1.18. The Morgan fingerprint density at radius 2 is 1.93 bits per heavy atom. The normalized spacial score (nSPS) is 22.5. The molecule has 0 spiro atoms. The fourth-order valence-corrected chi connectivity index (χ4v) is 4.16. The molecular weight excluding hydrogens is 388 g/mol. The first kappa shape index (κ1) is 20.2. The number of fused-ring (bicyclic) bond motifs is 1. The molecular formula is C21H24Cl2FNO2. The zero-order chi connectivity index (χ0) is 18.3. The molecule has 2 aromatic carbocycles. The summed E-state index contributed by atoms with van der Waals surface area (Å²) < 4.78 is 26.7. The highest BCUT2D eigenvalue weighted by atomic mass is 35.5. The highest BCUT2D eigenvalue weighted by Crippen LogP contribution is 2.49. The number of benzene rings is 2. The lowest BCUT2D eigenvalue weighted by Crippen LogP contribution is -2.33. The predicted octanol–water partition coefficient (Wildman–Crippen LogP) is 5.74. The first-order chi connectivity index (χ1) is 12.5. The van der Waals surface area contributed by atoms with Crippen LogP contribution in [-0.4, -0.2) is 24.5 Å². The van der Waals surface area contributed by atoms with Crippen LogP contribution in [-0.2, 0) is 5.79 Å². The fraction of sp³-hybridized carbons (Fsp3) is 0.429. The van der Waals surface area contributed by atoms with Crippen molar-refractivity contribution in [3.8, 4) is 11.5 Å². The van der Waals surface area contributed by atoms with Crippen LogP contribution in [0.1, 0.15) is 43.7 Å². The van der Waals surface area contributed by atoms with Crippen LogP contribution in [0.5, 0.6) is 11.5 Å². The maximum atomic E-state index is 14.5. The Labute approximate surface area is 170 Å². The van der Waals surface area contributed by atoms with Gasteiger partial charge in [-0.2, -0.15) is 0 Å². The molecule has 6 heteroatoms. The minimum absolute atomic E-state index is 0. The monoisotopic (exact) mass is 411 g/mol. The average Bonchev–Trinajstić information content (AvgIpc) is 2.98. The number of rotatable bonds is 3. The molecule has 2 aliphatic rings. The molecule has 3 nitrogen and oxygen atoms in total. The van der Waals surface area contributed by atoms with Crippen molar-refractivity contribution >= 4 is 24.0 Å². The summed E-state index contributed by atoms with van der Waals surface area (Å²) in [7, 11) is 0. The summed E-state index contributed by atoms with van der Waals surface area (Å²) >= 11 is 5.88. The third-order valence-electron chi connectivity index (χ3n) is 5.51. The van der Waals surface area contributed by atoms with Crippen LogP contribution in [0.15, 0.2) is 36.4 Å². The molecule has 2 heterocycles. The lowest BCUT2D eigenvalue weighted by Gasteiger charge is -2.31. The molecule has 0 unspecified atom stereocenters. The largest absolute Gasteiger partial charge is 0.444 e. The predicted molar refractivity (Wildman–Crippen MR) is 108 cm³/mol. The Kier molecular flexibility index (Phi) is 5.90. The molecule has 27 heavy (non-hydrogen) atoms. The number of hydrogen-bond donors (Lipinski definition) is 0. The van der Waals surface area contributed by atoms with Gasteiger partial charge in [-0.25, -0.2) is 4.39 Å². The minimum Gasteiger partial charge on any atom is -0.444 e. The number of para-hydroxylation sites is 1. The second-order valence-electron chi connectivity index (χ2n) is 7.16. The highest BCUT2D eigenvalue weighted by molar-refractivity contribution is 6.30. The Hall–Kier alpha value is -1.49. The first-order valence-electron chi connectivity index (χ1n) is 9.19. The maximum Gasteiger partial charge on any atom is 0.278 e. The van der Waals surface area contributed by atoms with Crippen LogP contribution in [0, 0.1) is 5.82 Å². The quantitative estimate of drug-likeness (QED) is 0.641. The molecule has 0 aliphatic carbocycles. The van der Waals surface area contributed by atoms with E-state index in [0.717, 1.165) is 43.8 Å². The lowest BCUT2D eigenvalue weighted by atomic mass is 9.88. The van der Waals surface area contributed by atoms with Crippen molar-refractivity contribution in [2.24, 2.45) is 0 Å². The summed E-state index contributed by atoms with van der Waals surface area (Å²) in [6.07, 6.45) is 2.19. The van der Waals surface area contributed by atoms with Gasteiger partial charge in [0.1, 0.15) is 5.82 Å². The van der Waals surface area contributed by atoms with Gasteiger partial charge in [0.15, 0.2) is 11.5 Å². The second-order valence-corrected chi connectivity index (χ2v) is 7.59. The van der Waals surface area contributed by atoms with Gasteiger partial charge in [0.05, 0.1) is 5.56 Å². The van der Waals surface area contributed by atoms with Crippen LogP contribution in [0.3, 0.4) is 0 Å². The van der Waals surface area contributed by atoms with E-state index in [1.807, 2.05) is 12.1 Å². The molecule has 146 valence electrons. The molecule has 4 rings (SSSR count). The molecule has 1 saturated heterocycles. The smallest absolute Gasteiger partial charge is 0.278 e. The summed E-state index contributed by atoms with van der Waals surface area (Å²) in [5.74, 6) is 0.257. The van der Waals surface area contributed by atoms with Gasteiger partial charge in [-0.3, -0.25) is 0 Å². The van der Waals surface area contributed by atoms with Crippen molar-refractivity contribution in [1.82, 2.24) is 4.90 Å². The van der Waals surface area contributed by atoms with Crippen molar-refractivity contribution in [1.29, 1.82) is 0 Å². The summed E-state index contributed by atoms with van der Waals surface area (Å²) in [5, 5.41) is 0.355. The van der Waals surface area contributed by atoms with Gasteiger partial charge >= 0.3 is 0 Å². The molecule has 1 atom stereocenters. The van der Waals surface area contributed by atoms with E-state index in [4.69, 9.17) is 21.1 Å². The average molecular weight is 412 g/mol. The van der Waals surface area contributed by atoms with Gasteiger partial charge < -0.3 is 14.4 Å². The third kappa shape index (κ3) is 3.75. The zero-order valence-electron chi connectivity index (χ0n) is 15.5. The van der Waals surface area contributed by atoms with Gasteiger partial charge in [-0.15, -0.1) is 12.4 Å². The Bertz CT molecular complexity index is 824. The van der Waals surface area contributed by atoms with E-state index < -0.39 is 11.6 Å². The van der Waals surface area contributed by atoms with Crippen molar-refractivity contribution in [2.45, 2.75) is 38.4 Å². The van der Waals surface area contributed by atoms with Crippen molar-refractivity contribution in [3.05, 3.63) is 58.4 Å². The molecule has 2 aromatic rings. The fourth-order valence-electron chi connectivity index (χ4n) is 4.00. The van der Waals surface area contributed by atoms with Gasteiger partial charge in [0.25, 0.3) is 5.79 Å². The molecule has 0 saturated carbocycles. The summed E-state index contributed by atoms with van der Waals surface area (Å²) in [4.78, 5) is 2.46. The molecule has 0 N–H and O–H groups in total. The molecule has 0 bridgehead atoms. The van der Waals surface area contributed by atoms with E-state index in [2.05, 4.69) is 17.9 Å². The van der Waals surface area contributed by atoms with Gasteiger partial charge in [-0.05, 0) is 62.7 Å². The number of hydrogen-bond acceptors (Lipinski definition) is 3. The molecule has 2 aliphatic heterocycles. The summed E-state index contributed by atoms with van der Waals surface area (Å²) in [6.45, 7) is 7.23. The van der Waals surface area contributed by atoms with Crippen molar-refractivity contribution in [2.75, 3.05) is 19.6 Å². The van der Waals surface area contributed by atoms with E-state index in [0.29, 0.717) is 22.3 Å².